The minimum atomic E-state index is 0.0377. The average Bonchev–Trinajstić information content (AvgIpc) is 3.24. The van der Waals surface area contributed by atoms with Crippen molar-refractivity contribution in [2.75, 3.05) is 0 Å². The van der Waals surface area contributed by atoms with Crippen LogP contribution >= 0.6 is 11.6 Å². The normalized spacial score (nSPS) is 21.1. The van der Waals surface area contributed by atoms with Crippen molar-refractivity contribution in [1.29, 1.82) is 0 Å². The molecule has 0 fully saturated rings. The summed E-state index contributed by atoms with van der Waals surface area (Å²) in [6.07, 6.45) is 1.82. The van der Waals surface area contributed by atoms with Crippen LogP contribution in [0.5, 0.6) is 0 Å². The van der Waals surface area contributed by atoms with Gasteiger partial charge in [0.05, 0.1) is 29.5 Å². The van der Waals surface area contributed by atoms with Gasteiger partial charge in [-0.15, -0.1) is 0 Å². The van der Waals surface area contributed by atoms with Gasteiger partial charge in [-0.1, -0.05) is 48.5 Å². The topological polar surface area (TPSA) is 45.8 Å². The van der Waals surface area contributed by atoms with E-state index in [9.17, 15) is 0 Å². The van der Waals surface area contributed by atoms with Crippen LogP contribution in [0.1, 0.15) is 24.1 Å². The van der Waals surface area contributed by atoms with E-state index in [-0.39, 0.29) is 12.1 Å². The van der Waals surface area contributed by atoms with Gasteiger partial charge in [-0.25, -0.2) is 4.68 Å². The van der Waals surface area contributed by atoms with Gasteiger partial charge in [-0.3, -0.25) is 9.89 Å². The monoisotopic (exact) mass is 361 g/mol. The lowest BCUT2D eigenvalue weighted by Gasteiger charge is -2.30. The summed E-state index contributed by atoms with van der Waals surface area (Å²) >= 11 is 6.63. The highest BCUT2D eigenvalue weighted by atomic mass is 35.5. The fourth-order valence-electron chi connectivity index (χ4n) is 3.66. The molecule has 0 unspecified atom stereocenters. The van der Waals surface area contributed by atoms with Crippen molar-refractivity contribution in [3.63, 3.8) is 0 Å². The van der Waals surface area contributed by atoms with E-state index < -0.39 is 0 Å². The molecular weight excluding hydrogens is 346 g/mol. The average molecular weight is 362 g/mol. The van der Waals surface area contributed by atoms with Crippen molar-refractivity contribution in [3.05, 3.63) is 78.0 Å². The van der Waals surface area contributed by atoms with Crippen LogP contribution in [0.4, 0.5) is 5.82 Å². The molecule has 0 spiro atoms. The minimum Gasteiger partial charge on any atom is -0.291 e. The van der Waals surface area contributed by atoms with E-state index >= 15 is 0 Å². The number of aliphatic imine (C=N–C) groups is 2. The van der Waals surface area contributed by atoms with Gasteiger partial charge >= 0.3 is 0 Å². The van der Waals surface area contributed by atoms with E-state index in [2.05, 4.69) is 29.1 Å². The molecule has 0 N–H and O–H groups in total. The molecule has 0 saturated heterocycles. The largest absolute Gasteiger partial charge is 0.291 e. The van der Waals surface area contributed by atoms with Gasteiger partial charge in [-0.2, -0.15) is 10.1 Å². The van der Waals surface area contributed by atoms with Crippen molar-refractivity contribution in [3.8, 4) is 5.69 Å². The molecule has 2 aliphatic rings. The summed E-state index contributed by atoms with van der Waals surface area (Å²) in [6.45, 7) is 2.11. The summed E-state index contributed by atoms with van der Waals surface area (Å²) in [5.74, 6) is 1.56. The molecule has 3 heterocycles. The van der Waals surface area contributed by atoms with Crippen molar-refractivity contribution in [2.24, 2.45) is 9.98 Å². The van der Waals surface area contributed by atoms with Gasteiger partial charge in [0.25, 0.3) is 0 Å². The predicted octanol–water partition coefficient (Wildman–Crippen LogP) is 4.30. The number of hydrogen-bond donors (Lipinski definition) is 0. The fraction of sp³-hybridized carbons (Fsp3) is 0.150. The van der Waals surface area contributed by atoms with Crippen molar-refractivity contribution in [1.82, 2.24) is 14.7 Å². The third-order valence-electron chi connectivity index (χ3n) is 4.81. The number of halogens is 1. The van der Waals surface area contributed by atoms with Crippen LogP contribution in [-0.2, 0) is 0 Å². The Morgan fingerprint density at radius 3 is 2.38 bits per heavy atom. The number of fused-ring (bicyclic) bond motifs is 3. The van der Waals surface area contributed by atoms with Gasteiger partial charge in [0.2, 0.25) is 5.29 Å². The second-order valence-corrected chi connectivity index (χ2v) is 6.77. The van der Waals surface area contributed by atoms with Gasteiger partial charge in [0.1, 0.15) is 5.84 Å². The van der Waals surface area contributed by atoms with E-state index in [1.54, 1.807) is 4.68 Å². The zero-order valence-corrected chi connectivity index (χ0v) is 14.9. The smallest absolute Gasteiger partial charge is 0.206 e. The lowest BCUT2D eigenvalue weighted by atomic mass is 10.0. The Morgan fingerprint density at radius 2 is 1.65 bits per heavy atom. The molecule has 0 aliphatic carbocycles. The maximum atomic E-state index is 6.63. The Morgan fingerprint density at radius 1 is 0.962 bits per heavy atom. The highest BCUT2D eigenvalue weighted by Gasteiger charge is 2.41. The summed E-state index contributed by atoms with van der Waals surface area (Å²) in [7, 11) is 0. The standard InChI is InChI=1S/C20H16ClN5/c1-13-17(14-8-4-2-5-9-14)25-18(23-13)16-12-22-26(19(16)24-20(25)21)15-10-6-3-7-11-15/h2-13,17H,1H3/t13-,17+/m1/s1. The van der Waals surface area contributed by atoms with Crippen LogP contribution in [0.2, 0.25) is 0 Å². The maximum absolute atomic E-state index is 6.63. The van der Waals surface area contributed by atoms with E-state index in [0.29, 0.717) is 5.29 Å². The van der Waals surface area contributed by atoms with E-state index in [4.69, 9.17) is 16.6 Å². The first kappa shape index (κ1) is 15.3. The quantitative estimate of drug-likeness (QED) is 0.639. The molecule has 5 nitrogen and oxygen atoms in total. The molecule has 0 radical (unpaired) electrons. The highest BCUT2D eigenvalue weighted by molar-refractivity contribution is 6.66. The first-order valence-corrected chi connectivity index (χ1v) is 8.92. The third-order valence-corrected chi connectivity index (χ3v) is 5.08. The molecule has 0 bridgehead atoms. The first-order chi connectivity index (χ1) is 12.7. The second kappa shape index (κ2) is 5.81. The van der Waals surface area contributed by atoms with Crippen LogP contribution in [0.15, 0.2) is 76.8 Å². The molecule has 6 heteroatoms. The first-order valence-electron chi connectivity index (χ1n) is 8.54. The molecule has 128 valence electrons. The third kappa shape index (κ3) is 2.21. The highest BCUT2D eigenvalue weighted by Crippen LogP contribution is 2.40. The molecule has 1 aromatic heterocycles. The molecule has 5 rings (SSSR count). The van der Waals surface area contributed by atoms with Gasteiger partial charge in [-0.05, 0) is 36.2 Å². The second-order valence-electron chi connectivity index (χ2n) is 6.43. The Balaban J connectivity index is 1.63. The molecule has 0 amide bonds. The summed E-state index contributed by atoms with van der Waals surface area (Å²) < 4.78 is 1.80. The van der Waals surface area contributed by atoms with Gasteiger partial charge < -0.3 is 0 Å². The van der Waals surface area contributed by atoms with Crippen molar-refractivity contribution in [2.45, 2.75) is 19.0 Å². The number of amidine groups is 2. The van der Waals surface area contributed by atoms with Crippen molar-refractivity contribution >= 4 is 28.5 Å². The van der Waals surface area contributed by atoms with Crippen LogP contribution in [-0.4, -0.2) is 31.9 Å². The molecule has 2 aliphatic heterocycles. The summed E-state index contributed by atoms with van der Waals surface area (Å²) in [4.78, 5) is 11.6. The van der Waals surface area contributed by atoms with Gasteiger partial charge in [0.15, 0.2) is 5.82 Å². The Hall–Kier alpha value is -2.92. The molecule has 26 heavy (non-hydrogen) atoms. The van der Waals surface area contributed by atoms with E-state index in [1.165, 1.54) is 5.56 Å². The Labute approximate surface area is 156 Å². The SMILES string of the molecule is C[C@H]1N=C2c3cnn(-c4ccccc4)c3N=C(Cl)N2[C@@H]1c1ccccc1. The zero-order chi connectivity index (χ0) is 17.7. The molecule has 2 atom stereocenters. The number of aromatic nitrogens is 2. The lowest BCUT2D eigenvalue weighted by molar-refractivity contribution is 0.439. The molecule has 2 aromatic carbocycles. The lowest BCUT2D eigenvalue weighted by Crippen LogP contribution is -2.37. The number of nitrogens with zero attached hydrogens (tertiary/aromatic N) is 5. The van der Waals surface area contributed by atoms with Crippen LogP contribution in [0, 0.1) is 0 Å². The van der Waals surface area contributed by atoms with Crippen LogP contribution in [0.3, 0.4) is 0 Å². The number of hydrogen-bond acceptors (Lipinski definition) is 4. The Bertz CT molecular complexity index is 1020. The van der Waals surface area contributed by atoms with E-state index in [0.717, 1.165) is 22.9 Å². The summed E-state index contributed by atoms with van der Waals surface area (Å²) in [5.41, 5.74) is 3.02. The van der Waals surface area contributed by atoms with Crippen LogP contribution < -0.4 is 0 Å². The number of para-hydroxylation sites is 1. The molecule has 3 aromatic rings. The minimum absolute atomic E-state index is 0.0377. The van der Waals surface area contributed by atoms with E-state index in [1.807, 2.05) is 59.6 Å². The fourth-order valence-corrected chi connectivity index (χ4v) is 3.92. The van der Waals surface area contributed by atoms with Gasteiger partial charge in [0, 0.05) is 0 Å². The maximum Gasteiger partial charge on any atom is 0.206 e. The van der Waals surface area contributed by atoms with Crippen LogP contribution in [0.25, 0.3) is 5.69 Å². The number of benzene rings is 2. The molecular formula is C20H16ClN5. The van der Waals surface area contributed by atoms with Crippen molar-refractivity contribution < 1.29 is 0 Å². The number of rotatable bonds is 2. The summed E-state index contributed by atoms with van der Waals surface area (Å²) in [5, 5.41) is 4.95. The Kier molecular flexibility index (Phi) is 3.43. The molecule has 0 saturated carbocycles. The zero-order valence-electron chi connectivity index (χ0n) is 14.1. The predicted molar refractivity (Wildman–Crippen MR) is 104 cm³/mol. The summed E-state index contributed by atoms with van der Waals surface area (Å²) in [6, 6.07) is 20.3.